The lowest BCUT2D eigenvalue weighted by atomic mass is 10.4. The summed E-state index contributed by atoms with van der Waals surface area (Å²) < 4.78 is 4.82. The van der Waals surface area contributed by atoms with Gasteiger partial charge in [0.25, 0.3) is 5.91 Å². The van der Waals surface area contributed by atoms with Gasteiger partial charge < -0.3 is 9.84 Å². The van der Waals surface area contributed by atoms with E-state index < -0.39 is 0 Å². The standard InChI is InChI=1S/C10H11N3O2S/c1-7-12-9(13-15-7)4-5-11-10(14)8-3-2-6-16-8/h2-3,6H,4-5H2,1H3,(H,11,14). The first-order valence-corrected chi connectivity index (χ1v) is 5.74. The van der Waals surface area contributed by atoms with Crippen molar-refractivity contribution in [2.75, 3.05) is 6.54 Å². The van der Waals surface area contributed by atoms with Crippen LogP contribution in [0.4, 0.5) is 0 Å². The van der Waals surface area contributed by atoms with Crippen molar-refractivity contribution in [1.82, 2.24) is 15.5 Å². The number of thiophene rings is 1. The summed E-state index contributed by atoms with van der Waals surface area (Å²) in [6.07, 6.45) is 0.578. The molecule has 0 aromatic carbocycles. The molecular formula is C10H11N3O2S. The highest BCUT2D eigenvalue weighted by atomic mass is 32.1. The zero-order chi connectivity index (χ0) is 11.4. The Hall–Kier alpha value is -1.69. The van der Waals surface area contributed by atoms with Gasteiger partial charge in [0.1, 0.15) is 0 Å². The van der Waals surface area contributed by atoms with Crippen LogP contribution in [-0.2, 0) is 6.42 Å². The minimum atomic E-state index is -0.0600. The maximum atomic E-state index is 11.5. The molecule has 0 aliphatic carbocycles. The maximum Gasteiger partial charge on any atom is 0.261 e. The zero-order valence-corrected chi connectivity index (χ0v) is 9.58. The Morgan fingerprint density at radius 3 is 3.12 bits per heavy atom. The number of carbonyl (C=O) groups excluding carboxylic acids is 1. The number of rotatable bonds is 4. The van der Waals surface area contributed by atoms with E-state index in [9.17, 15) is 4.79 Å². The summed E-state index contributed by atoms with van der Waals surface area (Å²) in [6, 6.07) is 3.64. The van der Waals surface area contributed by atoms with Crippen molar-refractivity contribution in [1.29, 1.82) is 0 Å². The van der Waals surface area contributed by atoms with E-state index in [0.29, 0.717) is 29.6 Å². The van der Waals surface area contributed by atoms with Crippen molar-refractivity contribution >= 4 is 17.2 Å². The predicted octanol–water partition coefficient (Wildman–Crippen LogP) is 1.41. The van der Waals surface area contributed by atoms with Gasteiger partial charge in [0.2, 0.25) is 5.89 Å². The van der Waals surface area contributed by atoms with Gasteiger partial charge in [-0.1, -0.05) is 11.2 Å². The van der Waals surface area contributed by atoms with Crippen molar-refractivity contribution in [3.8, 4) is 0 Å². The average Bonchev–Trinajstić information content (AvgIpc) is 2.89. The first-order chi connectivity index (χ1) is 7.75. The number of hydrogen-bond acceptors (Lipinski definition) is 5. The lowest BCUT2D eigenvalue weighted by Crippen LogP contribution is -2.25. The maximum absolute atomic E-state index is 11.5. The fourth-order valence-corrected chi connectivity index (χ4v) is 1.87. The summed E-state index contributed by atoms with van der Waals surface area (Å²) in [5.41, 5.74) is 0. The third kappa shape index (κ3) is 2.66. The summed E-state index contributed by atoms with van der Waals surface area (Å²) in [4.78, 5) is 16.3. The molecule has 0 spiro atoms. The molecule has 84 valence electrons. The Balaban J connectivity index is 1.78. The van der Waals surface area contributed by atoms with Crippen molar-refractivity contribution in [3.63, 3.8) is 0 Å². The molecule has 0 saturated heterocycles. The van der Waals surface area contributed by atoms with Crippen LogP contribution in [0.2, 0.25) is 0 Å². The third-order valence-corrected chi connectivity index (χ3v) is 2.82. The van der Waals surface area contributed by atoms with E-state index in [4.69, 9.17) is 4.52 Å². The Morgan fingerprint density at radius 2 is 2.50 bits per heavy atom. The Labute approximate surface area is 96.5 Å². The summed E-state index contributed by atoms with van der Waals surface area (Å²) in [5.74, 6) is 1.10. The molecular weight excluding hydrogens is 226 g/mol. The highest BCUT2D eigenvalue weighted by Gasteiger charge is 2.06. The Bertz CT molecular complexity index is 464. The number of amides is 1. The number of nitrogens with zero attached hydrogens (tertiary/aromatic N) is 2. The van der Waals surface area contributed by atoms with Crippen molar-refractivity contribution in [2.45, 2.75) is 13.3 Å². The monoisotopic (exact) mass is 237 g/mol. The summed E-state index contributed by atoms with van der Waals surface area (Å²) in [6.45, 7) is 2.25. The van der Waals surface area contributed by atoms with Gasteiger partial charge in [-0.3, -0.25) is 4.79 Å². The van der Waals surface area contributed by atoms with Gasteiger partial charge in [0, 0.05) is 19.9 Å². The van der Waals surface area contributed by atoms with Crippen LogP contribution in [0.25, 0.3) is 0 Å². The molecule has 0 fully saturated rings. The number of carbonyl (C=O) groups is 1. The van der Waals surface area contributed by atoms with Crippen LogP contribution in [0.3, 0.4) is 0 Å². The van der Waals surface area contributed by atoms with Gasteiger partial charge in [-0.25, -0.2) is 0 Å². The van der Waals surface area contributed by atoms with E-state index >= 15 is 0 Å². The number of aryl methyl sites for hydroxylation is 1. The molecule has 2 aromatic rings. The second kappa shape index (κ2) is 4.89. The fourth-order valence-electron chi connectivity index (χ4n) is 1.23. The Kier molecular flexibility index (Phi) is 3.31. The summed E-state index contributed by atoms with van der Waals surface area (Å²) in [7, 11) is 0. The van der Waals surface area contributed by atoms with Gasteiger partial charge in [-0.05, 0) is 11.4 Å². The first kappa shape index (κ1) is 10.8. The first-order valence-electron chi connectivity index (χ1n) is 4.86. The van der Waals surface area contributed by atoms with Gasteiger partial charge >= 0.3 is 0 Å². The van der Waals surface area contributed by atoms with E-state index in [1.807, 2.05) is 11.4 Å². The van der Waals surface area contributed by atoms with Crippen LogP contribution >= 0.6 is 11.3 Å². The van der Waals surface area contributed by atoms with Crippen molar-refractivity contribution in [2.24, 2.45) is 0 Å². The van der Waals surface area contributed by atoms with Gasteiger partial charge in [0.05, 0.1) is 4.88 Å². The van der Waals surface area contributed by atoms with Gasteiger partial charge in [0.15, 0.2) is 5.82 Å². The molecule has 0 unspecified atom stereocenters. The molecule has 2 heterocycles. The second-order valence-electron chi connectivity index (χ2n) is 3.21. The fraction of sp³-hybridized carbons (Fsp3) is 0.300. The lowest BCUT2D eigenvalue weighted by molar-refractivity contribution is 0.0958. The Morgan fingerprint density at radius 1 is 1.62 bits per heavy atom. The second-order valence-corrected chi connectivity index (χ2v) is 4.16. The highest BCUT2D eigenvalue weighted by molar-refractivity contribution is 7.12. The van der Waals surface area contributed by atoms with E-state index in [0.717, 1.165) is 0 Å². The largest absolute Gasteiger partial charge is 0.351 e. The quantitative estimate of drug-likeness (QED) is 0.873. The molecule has 0 aliphatic heterocycles. The molecule has 0 atom stereocenters. The summed E-state index contributed by atoms with van der Waals surface area (Å²) in [5, 5.41) is 8.41. The molecule has 2 aromatic heterocycles. The van der Waals surface area contributed by atoms with Crippen LogP contribution in [-0.4, -0.2) is 22.6 Å². The third-order valence-electron chi connectivity index (χ3n) is 1.95. The molecule has 0 saturated carbocycles. The molecule has 6 heteroatoms. The molecule has 1 amide bonds. The van der Waals surface area contributed by atoms with Gasteiger partial charge in [-0.2, -0.15) is 4.98 Å². The van der Waals surface area contributed by atoms with Crippen LogP contribution in [0.5, 0.6) is 0 Å². The van der Waals surface area contributed by atoms with E-state index in [1.165, 1.54) is 11.3 Å². The van der Waals surface area contributed by atoms with E-state index in [2.05, 4.69) is 15.5 Å². The molecule has 5 nitrogen and oxygen atoms in total. The normalized spacial score (nSPS) is 10.3. The summed E-state index contributed by atoms with van der Waals surface area (Å²) >= 11 is 1.42. The highest BCUT2D eigenvalue weighted by Crippen LogP contribution is 2.07. The molecule has 0 aliphatic rings. The van der Waals surface area contributed by atoms with Crippen LogP contribution in [0.1, 0.15) is 21.4 Å². The topological polar surface area (TPSA) is 68.0 Å². The predicted molar refractivity (Wildman–Crippen MR) is 59.4 cm³/mol. The van der Waals surface area contributed by atoms with Crippen molar-refractivity contribution < 1.29 is 9.32 Å². The molecule has 1 N–H and O–H groups in total. The lowest BCUT2D eigenvalue weighted by Gasteiger charge is -2.00. The number of hydrogen-bond donors (Lipinski definition) is 1. The smallest absolute Gasteiger partial charge is 0.261 e. The molecule has 16 heavy (non-hydrogen) atoms. The molecule has 2 rings (SSSR count). The van der Waals surface area contributed by atoms with Crippen LogP contribution in [0, 0.1) is 6.92 Å². The van der Waals surface area contributed by atoms with Crippen LogP contribution < -0.4 is 5.32 Å². The number of nitrogens with one attached hydrogen (secondary N) is 1. The minimum Gasteiger partial charge on any atom is -0.351 e. The SMILES string of the molecule is Cc1nc(CCNC(=O)c2cccs2)no1. The zero-order valence-electron chi connectivity index (χ0n) is 8.77. The van der Waals surface area contributed by atoms with Crippen LogP contribution in [0.15, 0.2) is 22.0 Å². The minimum absolute atomic E-state index is 0.0600. The average molecular weight is 237 g/mol. The number of aromatic nitrogens is 2. The molecule has 0 radical (unpaired) electrons. The molecule has 0 bridgehead atoms. The van der Waals surface area contributed by atoms with E-state index in [-0.39, 0.29) is 5.91 Å². The van der Waals surface area contributed by atoms with E-state index in [1.54, 1.807) is 13.0 Å². The van der Waals surface area contributed by atoms with Crippen molar-refractivity contribution in [3.05, 3.63) is 34.1 Å². The van der Waals surface area contributed by atoms with Gasteiger partial charge in [-0.15, -0.1) is 11.3 Å².